The van der Waals surface area contributed by atoms with Crippen molar-refractivity contribution in [1.29, 1.82) is 0 Å². The largest absolute Gasteiger partial charge is 0.497 e. The zero-order chi connectivity index (χ0) is 30.1. The Balaban J connectivity index is 1.68. The van der Waals surface area contributed by atoms with E-state index >= 15 is 0 Å². The van der Waals surface area contributed by atoms with Crippen LogP contribution in [0.3, 0.4) is 0 Å². The van der Waals surface area contributed by atoms with Crippen LogP contribution in [-0.2, 0) is 9.53 Å². The number of hydrogen-bond acceptors (Lipinski definition) is 10. The van der Waals surface area contributed by atoms with E-state index in [2.05, 4.69) is 4.99 Å². The number of halogens is 1. The van der Waals surface area contributed by atoms with Crippen molar-refractivity contribution in [3.05, 3.63) is 106 Å². The van der Waals surface area contributed by atoms with Crippen LogP contribution in [0.15, 0.2) is 74.0 Å². The molecule has 216 valence electrons. The van der Waals surface area contributed by atoms with E-state index in [4.69, 9.17) is 30.2 Å². The summed E-state index contributed by atoms with van der Waals surface area (Å²) in [5.74, 6) is 0.855. The maximum absolute atomic E-state index is 13.9. The van der Waals surface area contributed by atoms with Crippen LogP contribution in [0.4, 0.5) is 5.69 Å². The molecule has 2 aromatic heterocycles. The minimum Gasteiger partial charge on any atom is -0.497 e. The van der Waals surface area contributed by atoms with E-state index in [9.17, 15) is 19.7 Å². The lowest BCUT2D eigenvalue weighted by atomic mass is 9.95. The number of nitro benzene ring substituents is 1. The van der Waals surface area contributed by atoms with Crippen molar-refractivity contribution in [3.63, 3.8) is 0 Å². The highest BCUT2D eigenvalue weighted by atomic mass is 35.5. The van der Waals surface area contributed by atoms with Crippen LogP contribution in [0, 0.1) is 10.1 Å². The number of rotatable bonds is 8. The molecule has 42 heavy (non-hydrogen) atoms. The van der Waals surface area contributed by atoms with Gasteiger partial charge in [0, 0.05) is 22.7 Å². The van der Waals surface area contributed by atoms with Crippen molar-refractivity contribution in [3.8, 4) is 22.8 Å². The Labute approximate surface area is 247 Å². The van der Waals surface area contributed by atoms with Crippen LogP contribution >= 0.6 is 22.9 Å². The maximum Gasteiger partial charge on any atom is 0.338 e. The number of thiazole rings is 1. The SMILES string of the molecule is CCOC(=O)C1=C(C)N=c2s/c(=C/c3ccc(-c4ccc(Cl)cc4[N+](=O)[O-])o3)c(=O)n2[C@@H]1c1cc(OC)ccc1OC. The quantitative estimate of drug-likeness (QED) is 0.160. The van der Waals surface area contributed by atoms with E-state index in [1.54, 1.807) is 44.2 Å². The first-order valence-electron chi connectivity index (χ1n) is 12.6. The molecule has 0 saturated carbocycles. The highest BCUT2D eigenvalue weighted by Gasteiger charge is 2.35. The molecular formula is C29H24ClN3O8S. The summed E-state index contributed by atoms with van der Waals surface area (Å²) in [6, 6.07) is 11.6. The molecule has 5 rings (SSSR count). The predicted molar refractivity (Wildman–Crippen MR) is 156 cm³/mol. The number of nitrogens with zero attached hydrogens (tertiary/aromatic N) is 3. The fourth-order valence-corrected chi connectivity index (χ4v) is 5.90. The molecule has 11 nitrogen and oxygen atoms in total. The monoisotopic (exact) mass is 609 g/mol. The Kier molecular flexibility index (Phi) is 8.01. The van der Waals surface area contributed by atoms with E-state index in [0.717, 1.165) is 11.3 Å². The van der Waals surface area contributed by atoms with E-state index in [0.29, 0.717) is 27.6 Å². The van der Waals surface area contributed by atoms with Gasteiger partial charge in [-0.3, -0.25) is 19.5 Å². The van der Waals surface area contributed by atoms with E-state index in [-0.39, 0.29) is 44.5 Å². The summed E-state index contributed by atoms with van der Waals surface area (Å²) in [5.41, 5.74) is 0.696. The van der Waals surface area contributed by atoms with Gasteiger partial charge in [-0.05, 0) is 56.3 Å². The second-order valence-corrected chi connectivity index (χ2v) is 10.5. The molecule has 3 heterocycles. The fourth-order valence-electron chi connectivity index (χ4n) is 4.71. The number of hydrogen-bond donors (Lipinski definition) is 0. The summed E-state index contributed by atoms with van der Waals surface area (Å²) >= 11 is 7.05. The van der Waals surface area contributed by atoms with Gasteiger partial charge < -0.3 is 18.6 Å². The van der Waals surface area contributed by atoms with Crippen LogP contribution < -0.4 is 24.4 Å². The first-order chi connectivity index (χ1) is 20.2. The third kappa shape index (κ3) is 5.21. The van der Waals surface area contributed by atoms with Crippen molar-refractivity contribution in [2.45, 2.75) is 19.9 Å². The number of aromatic nitrogens is 1. The number of carbonyl (C=O) groups is 1. The van der Waals surface area contributed by atoms with E-state index in [1.807, 2.05) is 0 Å². The summed E-state index contributed by atoms with van der Waals surface area (Å²) in [4.78, 5) is 43.1. The van der Waals surface area contributed by atoms with Gasteiger partial charge >= 0.3 is 5.97 Å². The zero-order valence-electron chi connectivity index (χ0n) is 22.9. The van der Waals surface area contributed by atoms with Crippen LogP contribution in [0.25, 0.3) is 17.4 Å². The Morgan fingerprint density at radius 3 is 2.67 bits per heavy atom. The first kappa shape index (κ1) is 28.8. The van der Waals surface area contributed by atoms with Gasteiger partial charge in [0.1, 0.15) is 29.1 Å². The number of carbonyl (C=O) groups excluding carboxylic acids is 1. The topological polar surface area (TPSA) is 135 Å². The van der Waals surface area contributed by atoms with Gasteiger partial charge in [-0.2, -0.15) is 0 Å². The molecule has 2 aromatic carbocycles. The number of benzene rings is 2. The number of methoxy groups -OCH3 is 2. The Morgan fingerprint density at radius 1 is 1.19 bits per heavy atom. The fraction of sp³-hybridized carbons (Fsp3) is 0.207. The molecule has 0 saturated heterocycles. The molecule has 4 aromatic rings. The molecule has 0 radical (unpaired) electrons. The third-order valence-electron chi connectivity index (χ3n) is 6.57. The second-order valence-electron chi connectivity index (χ2n) is 9.03. The lowest BCUT2D eigenvalue weighted by molar-refractivity contribution is -0.384. The molecule has 1 aliphatic rings. The van der Waals surface area contributed by atoms with Gasteiger partial charge in [-0.25, -0.2) is 9.79 Å². The second kappa shape index (κ2) is 11.7. The predicted octanol–water partition coefficient (Wildman–Crippen LogP) is 4.64. The molecule has 0 amide bonds. The Bertz CT molecular complexity index is 1940. The van der Waals surface area contributed by atoms with Crippen LogP contribution in [0.1, 0.15) is 31.2 Å². The smallest absolute Gasteiger partial charge is 0.338 e. The molecule has 0 unspecified atom stereocenters. The summed E-state index contributed by atoms with van der Waals surface area (Å²) in [5, 5.41) is 11.8. The minimum atomic E-state index is -0.920. The lowest BCUT2D eigenvalue weighted by Gasteiger charge is -2.26. The van der Waals surface area contributed by atoms with Gasteiger partial charge in [-0.15, -0.1) is 0 Å². The highest BCUT2D eigenvalue weighted by molar-refractivity contribution is 7.07. The lowest BCUT2D eigenvalue weighted by Crippen LogP contribution is -2.40. The molecule has 0 fully saturated rings. The van der Waals surface area contributed by atoms with Gasteiger partial charge in [0.05, 0.1) is 47.1 Å². The normalized spacial score (nSPS) is 14.8. The summed E-state index contributed by atoms with van der Waals surface area (Å²) < 4.78 is 23.9. The summed E-state index contributed by atoms with van der Waals surface area (Å²) in [6.45, 7) is 3.51. The number of fused-ring (bicyclic) bond motifs is 1. The van der Waals surface area contributed by atoms with Gasteiger partial charge in [-0.1, -0.05) is 22.9 Å². The summed E-state index contributed by atoms with van der Waals surface area (Å²) in [7, 11) is 3.01. The molecule has 0 aliphatic carbocycles. The van der Waals surface area contributed by atoms with E-state index in [1.165, 1.54) is 43.1 Å². The summed E-state index contributed by atoms with van der Waals surface area (Å²) in [6.07, 6.45) is 1.53. The zero-order valence-corrected chi connectivity index (χ0v) is 24.4. The van der Waals surface area contributed by atoms with Crippen molar-refractivity contribution in [2.75, 3.05) is 20.8 Å². The Hall–Kier alpha value is -4.68. The van der Waals surface area contributed by atoms with Crippen LogP contribution in [0.5, 0.6) is 11.5 Å². The molecule has 0 bridgehead atoms. The van der Waals surface area contributed by atoms with Crippen molar-refractivity contribution in [2.24, 2.45) is 4.99 Å². The molecular weight excluding hydrogens is 586 g/mol. The minimum absolute atomic E-state index is 0.134. The molecule has 0 N–H and O–H groups in total. The number of ether oxygens (including phenoxy) is 3. The van der Waals surface area contributed by atoms with Gasteiger partial charge in [0.25, 0.3) is 11.2 Å². The molecule has 0 spiro atoms. The van der Waals surface area contributed by atoms with Gasteiger partial charge in [0.15, 0.2) is 4.80 Å². The number of nitro groups is 1. The Morgan fingerprint density at radius 2 is 1.98 bits per heavy atom. The highest BCUT2D eigenvalue weighted by Crippen LogP contribution is 2.38. The third-order valence-corrected chi connectivity index (χ3v) is 7.79. The molecule has 1 aliphatic heterocycles. The average molecular weight is 610 g/mol. The standard InChI is InChI=1S/C29H24ClN3O8S/c1-5-40-28(35)25-15(2)31-29-32(26(25)20-13-17(38-3)7-10-22(20)39-4)27(34)24(42-29)14-18-8-11-23(41-18)19-9-6-16(30)12-21(19)33(36)37/h6-14,26H,5H2,1-4H3/b24-14+/t26-/m1/s1. The van der Waals surface area contributed by atoms with Crippen LogP contribution in [0.2, 0.25) is 5.02 Å². The average Bonchev–Trinajstić information content (AvgIpc) is 3.55. The van der Waals surface area contributed by atoms with Crippen molar-refractivity contribution < 1.29 is 28.3 Å². The number of esters is 1. The first-order valence-corrected chi connectivity index (χ1v) is 13.8. The van der Waals surface area contributed by atoms with E-state index < -0.39 is 22.5 Å². The van der Waals surface area contributed by atoms with Crippen LogP contribution in [-0.4, -0.2) is 36.3 Å². The van der Waals surface area contributed by atoms with Gasteiger partial charge in [0.2, 0.25) is 0 Å². The van der Waals surface area contributed by atoms with Crippen molar-refractivity contribution in [1.82, 2.24) is 4.57 Å². The number of allylic oxidation sites excluding steroid dienone is 1. The van der Waals surface area contributed by atoms with Crippen molar-refractivity contribution >= 4 is 40.7 Å². The maximum atomic E-state index is 13.9. The molecule has 1 atom stereocenters. The molecule has 13 heteroatoms. The number of furan rings is 1.